The minimum Gasteiger partial charge on any atom is -0.360 e. The van der Waals surface area contributed by atoms with Crippen molar-refractivity contribution >= 4 is 44.2 Å². The number of carbonyl (C=O) groups is 1. The molecule has 0 atom stereocenters. The highest BCUT2D eigenvalue weighted by atomic mass is 79.9. The number of aromatic amines is 1. The number of nitrogens with zero attached hydrogens (tertiary/aromatic N) is 1. The van der Waals surface area contributed by atoms with E-state index >= 15 is 0 Å². The van der Waals surface area contributed by atoms with E-state index in [2.05, 4.69) is 27.0 Å². The van der Waals surface area contributed by atoms with Crippen molar-refractivity contribution in [3.05, 3.63) is 68.8 Å². The van der Waals surface area contributed by atoms with Crippen molar-refractivity contribution in [2.45, 2.75) is 0 Å². The Hall–Kier alpha value is -2.09. The van der Waals surface area contributed by atoms with Crippen molar-refractivity contribution in [2.75, 3.05) is 0 Å². The molecular weight excluding hydrogens is 352 g/mol. The molecule has 0 amide bonds. The van der Waals surface area contributed by atoms with Gasteiger partial charge in [0.2, 0.25) is 0 Å². The van der Waals surface area contributed by atoms with Crippen LogP contribution >= 0.6 is 27.5 Å². The largest absolute Gasteiger partial charge is 0.360 e. The highest BCUT2D eigenvalue weighted by molar-refractivity contribution is 9.10. The van der Waals surface area contributed by atoms with Gasteiger partial charge in [-0.05, 0) is 36.4 Å². The Balaban J connectivity index is 2.18. The van der Waals surface area contributed by atoms with Crippen molar-refractivity contribution in [3.63, 3.8) is 0 Å². The quantitative estimate of drug-likeness (QED) is 0.675. The predicted octanol–water partition coefficient (Wildman–Crippen LogP) is 4.69. The van der Waals surface area contributed by atoms with Crippen molar-refractivity contribution in [1.82, 2.24) is 4.98 Å². The molecule has 1 aromatic heterocycles. The lowest BCUT2D eigenvalue weighted by atomic mass is 10.0. The molecule has 5 heteroatoms. The third-order valence-corrected chi connectivity index (χ3v) is 4.05. The summed E-state index contributed by atoms with van der Waals surface area (Å²) in [6.07, 6.45) is 1.64. The maximum atomic E-state index is 12.7. The van der Waals surface area contributed by atoms with Gasteiger partial charge in [-0.2, -0.15) is 5.26 Å². The molecular formula is C16H8BrClN2O. The number of ketones is 1. The average molecular weight is 360 g/mol. The van der Waals surface area contributed by atoms with Crippen LogP contribution in [0.3, 0.4) is 0 Å². The summed E-state index contributed by atoms with van der Waals surface area (Å²) in [6.45, 7) is 0. The highest BCUT2D eigenvalue weighted by Crippen LogP contribution is 2.27. The van der Waals surface area contributed by atoms with Crippen LogP contribution in [0.25, 0.3) is 10.9 Å². The second-order valence-electron chi connectivity index (χ2n) is 4.53. The van der Waals surface area contributed by atoms with Gasteiger partial charge in [-0.1, -0.05) is 27.5 Å². The number of fused-ring (bicyclic) bond motifs is 1. The van der Waals surface area contributed by atoms with E-state index in [-0.39, 0.29) is 5.78 Å². The third kappa shape index (κ3) is 2.46. The Kier molecular flexibility index (Phi) is 3.54. The number of H-pyrrole nitrogens is 1. The molecule has 0 aliphatic rings. The Bertz CT molecular complexity index is 908. The number of nitriles is 1. The molecule has 1 N–H and O–H groups in total. The summed E-state index contributed by atoms with van der Waals surface area (Å²) in [4.78, 5) is 15.7. The lowest BCUT2D eigenvalue weighted by molar-refractivity contribution is 0.104. The number of hydrogen-bond acceptors (Lipinski definition) is 2. The summed E-state index contributed by atoms with van der Waals surface area (Å²) in [7, 11) is 0. The first-order chi connectivity index (χ1) is 10.1. The number of aromatic nitrogens is 1. The Morgan fingerprint density at radius 2 is 2.00 bits per heavy atom. The number of nitrogens with one attached hydrogen (secondary N) is 1. The lowest BCUT2D eigenvalue weighted by Gasteiger charge is -2.03. The zero-order chi connectivity index (χ0) is 15.0. The number of carbonyl (C=O) groups excluding carboxylic acids is 1. The van der Waals surface area contributed by atoms with Crippen LogP contribution in [0.5, 0.6) is 0 Å². The molecule has 0 aliphatic heterocycles. The minimum absolute atomic E-state index is 0.178. The van der Waals surface area contributed by atoms with Crippen molar-refractivity contribution < 1.29 is 4.79 Å². The van der Waals surface area contributed by atoms with Crippen molar-refractivity contribution in [2.24, 2.45) is 0 Å². The van der Waals surface area contributed by atoms with Crippen molar-refractivity contribution in [3.8, 4) is 6.07 Å². The molecule has 3 nitrogen and oxygen atoms in total. The third-order valence-electron chi connectivity index (χ3n) is 3.23. The highest BCUT2D eigenvalue weighted by Gasteiger charge is 2.17. The Morgan fingerprint density at radius 1 is 1.19 bits per heavy atom. The standard InChI is InChI=1S/C16H8BrClN2O/c17-10-2-3-14(18)12(6-10)16(21)13-8-20-15-4-1-9(7-19)5-11(13)15/h1-6,8,20H. The summed E-state index contributed by atoms with van der Waals surface area (Å²) in [5.41, 5.74) is 2.25. The number of rotatable bonds is 2. The molecule has 0 fully saturated rings. The number of hydrogen-bond donors (Lipinski definition) is 1. The number of benzene rings is 2. The zero-order valence-electron chi connectivity index (χ0n) is 10.7. The fraction of sp³-hybridized carbons (Fsp3) is 0. The van der Waals surface area contributed by atoms with Crippen LogP contribution < -0.4 is 0 Å². The van der Waals surface area contributed by atoms with Gasteiger partial charge in [0.05, 0.1) is 16.7 Å². The topological polar surface area (TPSA) is 56.6 Å². The summed E-state index contributed by atoms with van der Waals surface area (Å²) < 4.78 is 0.785. The summed E-state index contributed by atoms with van der Waals surface area (Å²) >= 11 is 9.45. The molecule has 0 saturated heterocycles. The van der Waals surface area contributed by atoms with Crippen LogP contribution in [0.1, 0.15) is 21.5 Å². The van der Waals surface area contributed by atoms with Crippen molar-refractivity contribution in [1.29, 1.82) is 5.26 Å². The summed E-state index contributed by atoms with van der Waals surface area (Å²) in [6, 6.07) is 12.4. The molecule has 3 rings (SSSR count). The molecule has 102 valence electrons. The molecule has 0 bridgehead atoms. The minimum atomic E-state index is -0.178. The maximum absolute atomic E-state index is 12.7. The van der Waals surface area contributed by atoms with Gasteiger partial charge in [-0.25, -0.2) is 0 Å². The van der Waals surface area contributed by atoms with E-state index in [0.717, 1.165) is 15.4 Å². The van der Waals surface area contributed by atoms with Crippen LogP contribution in [0.15, 0.2) is 47.1 Å². The van der Waals surface area contributed by atoms with Gasteiger partial charge in [0.1, 0.15) is 0 Å². The van der Waals surface area contributed by atoms with E-state index in [9.17, 15) is 4.79 Å². The molecule has 0 spiro atoms. The molecule has 0 saturated carbocycles. The monoisotopic (exact) mass is 358 g/mol. The van der Waals surface area contributed by atoms with E-state index in [4.69, 9.17) is 16.9 Å². The molecule has 0 radical (unpaired) electrons. The lowest BCUT2D eigenvalue weighted by Crippen LogP contribution is -2.01. The number of halogens is 2. The molecule has 0 aliphatic carbocycles. The predicted molar refractivity (Wildman–Crippen MR) is 85.6 cm³/mol. The Labute approximate surface area is 134 Å². The van der Waals surface area contributed by atoms with Gasteiger partial charge < -0.3 is 4.98 Å². The van der Waals surface area contributed by atoms with E-state index < -0.39 is 0 Å². The molecule has 2 aromatic carbocycles. The second-order valence-corrected chi connectivity index (χ2v) is 5.85. The van der Waals surface area contributed by atoms with Crippen LogP contribution in [0, 0.1) is 11.3 Å². The fourth-order valence-electron chi connectivity index (χ4n) is 2.19. The van der Waals surface area contributed by atoms with E-state index in [0.29, 0.717) is 21.7 Å². The SMILES string of the molecule is N#Cc1ccc2[nH]cc(C(=O)c3cc(Br)ccc3Cl)c2c1. The first-order valence-corrected chi connectivity index (χ1v) is 7.28. The molecule has 0 unspecified atom stereocenters. The molecule has 3 aromatic rings. The van der Waals surface area contributed by atoms with Gasteiger partial charge >= 0.3 is 0 Å². The van der Waals surface area contributed by atoms with Crippen LogP contribution in [-0.2, 0) is 0 Å². The van der Waals surface area contributed by atoms with Gasteiger partial charge in [-0.3, -0.25) is 4.79 Å². The summed E-state index contributed by atoms with van der Waals surface area (Å²) in [5.74, 6) is -0.178. The van der Waals surface area contributed by atoms with Gasteiger partial charge in [0.15, 0.2) is 5.78 Å². The van der Waals surface area contributed by atoms with Crippen LogP contribution in [0.4, 0.5) is 0 Å². The summed E-state index contributed by atoms with van der Waals surface area (Å²) in [5, 5.41) is 10.1. The van der Waals surface area contributed by atoms with E-state index in [1.165, 1.54) is 0 Å². The maximum Gasteiger partial charge on any atom is 0.196 e. The van der Waals surface area contributed by atoms with E-state index in [1.54, 1.807) is 42.6 Å². The molecule has 1 heterocycles. The zero-order valence-corrected chi connectivity index (χ0v) is 13.0. The average Bonchev–Trinajstić information content (AvgIpc) is 2.91. The normalized spacial score (nSPS) is 10.5. The second kappa shape index (κ2) is 5.36. The fourth-order valence-corrected chi connectivity index (χ4v) is 2.76. The van der Waals surface area contributed by atoms with Gasteiger partial charge in [0.25, 0.3) is 0 Å². The van der Waals surface area contributed by atoms with Crippen LogP contribution in [0.2, 0.25) is 5.02 Å². The van der Waals surface area contributed by atoms with Crippen LogP contribution in [-0.4, -0.2) is 10.8 Å². The van der Waals surface area contributed by atoms with Gasteiger partial charge in [-0.15, -0.1) is 0 Å². The first kappa shape index (κ1) is 13.9. The van der Waals surface area contributed by atoms with Gasteiger partial charge in [0, 0.05) is 32.7 Å². The Morgan fingerprint density at radius 3 is 2.76 bits per heavy atom. The molecule has 21 heavy (non-hydrogen) atoms. The smallest absolute Gasteiger partial charge is 0.196 e. The first-order valence-electron chi connectivity index (χ1n) is 6.11. The van der Waals surface area contributed by atoms with E-state index in [1.807, 2.05) is 0 Å².